The van der Waals surface area contributed by atoms with Gasteiger partial charge in [-0.05, 0) is 50.3 Å². The number of nitrogens with zero attached hydrogens (tertiary/aromatic N) is 3. The molecule has 1 aromatic heterocycles. The molecule has 7 heteroatoms. The lowest BCUT2D eigenvalue weighted by atomic mass is 10.0. The van der Waals surface area contributed by atoms with Gasteiger partial charge in [0.1, 0.15) is 5.82 Å². The molecule has 3 atom stereocenters. The first-order chi connectivity index (χ1) is 12.5. The second-order valence-corrected chi connectivity index (χ2v) is 7.88. The van der Waals surface area contributed by atoms with Crippen LogP contribution in [0.25, 0.3) is 0 Å². The van der Waals surface area contributed by atoms with Crippen LogP contribution in [-0.4, -0.2) is 65.4 Å². The average molecular weight is 360 g/mol. The van der Waals surface area contributed by atoms with Crippen molar-refractivity contribution >= 4 is 11.8 Å². The van der Waals surface area contributed by atoms with Crippen LogP contribution in [0.5, 0.6) is 0 Å². The predicted octanol–water partition coefficient (Wildman–Crippen LogP) is 0.820. The molecule has 1 aromatic rings. The van der Waals surface area contributed by atoms with Crippen molar-refractivity contribution < 1.29 is 14.0 Å². The average Bonchev–Trinajstić information content (AvgIpc) is 3.28. The molecule has 3 fully saturated rings. The minimum atomic E-state index is -0.399. The summed E-state index contributed by atoms with van der Waals surface area (Å²) < 4.78 is 12.9. The first kappa shape index (κ1) is 17.4. The maximum Gasteiger partial charge on any atom is 0.237 e. The number of aromatic nitrogens is 1. The van der Waals surface area contributed by atoms with E-state index in [9.17, 15) is 14.0 Å². The van der Waals surface area contributed by atoms with Crippen LogP contribution in [0.1, 0.15) is 25.0 Å². The molecule has 1 saturated carbocycles. The summed E-state index contributed by atoms with van der Waals surface area (Å²) in [4.78, 5) is 32.9. The van der Waals surface area contributed by atoms with E-state index in [1.807, 2.05) is 11.9 Å². The first-order valence-electron chi connectivity index (χ1n) is 9.39. The minimum Gasteiger partial charge on any atom is -0.354 e. The van der Waals surface area contributed by atoms with Crippen LogP contribution in [0.15, 0.2) is 18.3 Å². The summed E-state index contributed by atoms with van der Waals surface area (Å²) >= 11 is 0. The molecular formula is C19H25FN4O2. The van der Waals surface area contributed by atoms with Crippen molar-refractivity contribution in [3.8, 4) is 0 Å². The van der Waals surface area contributed by atoms with E-state index in [4.69, 9.17) is 0 Å². The molecule has 0 spiro atoms. The third-order valence-electron chi connectivity index (χ3n) is 5.99. The molecule has 3 aliphatic rings. The Labute approximate surface area is 152 Å². The Kier molecular flexibility index (Phi) is 4.65. The summed E-state index contributed by atoms with van der Waals surface area (Å²) in [5.41, 5.74) is 0.583. The quantitative estimate of drug-likeness (QED) is 0.844. The van der Waals surface area contributed by atoms with Gasteiger partial charge in [-0.25, -0.2) is 4.39 Å². The van der Waals surface area contributed by atoms with Gasteiger partial charge in [-0.3, -0.25) is 19.5 Å². The van der Waals surface area contributed by atoms with Crippen molar-refractivity contribution in [3.63, 3.8) is 0 Å². The zero-order valence-electron chi connectivity index (χ0n) is 15.0. The summed E-state index contributed by atoms with van der Waals surface area (Å²) in [5.74, 6) is 0.758. The maximum atomic E-state index is 12.9. The number of nitrogens with one attached hydrogen (secondary N) is 1. The number of likely N-dealkylation sites (N-methyl/N-ethyl adjacent to an activating group) is 1. The molecule has 0 radical (unpaired) electrons. The van der Waals surface area contributed by atoms with E-state index in [0.29, 0.717) is 30.6 Å². The Bertz CT molecular complexity index is 691. The number of amides is 2. The Hall–Kier alpha value is -2.02. The number of fused-ring (bicyclic) bond motifs is 1. The second kappa shape index (κ2) is 6.95. The van der Waals surface area contributed by atoms with E-state index in [1.165, 1.54) is 18.9 Å². The van der Waals surface area contributed by atoms with Crippen LogP contribution in [0.4, 0.5) is 4.39 Å². The summed E-state index contributed by atoms with van der Waals surface area (Å²) in [7, 11) is 1.99. The van der Waals surface area contributed by atoms with Gasteiger partial charge < -0.3 is 10.2 Å². The lowest BCUT2D eigenvalue weighted by Crippen LogP contribution is -2.46. The smallest absolute Gasteiger partial charge is 0.237 e. The zero-order valence-corrected chi connectivity index (χ0v) is 15.0. The highest BCUT2D eigenvalue weighted by Gasteiger charge is 2.48. The Morgan fingerprint density at radius 2 is 2.12 bits per heavy atom. The third kappa shape index (κ3) is 3.58. The number of carbonyl (C=O) groups excluding carboxylic acids is 2. The van der Waals surface area contributed by atoms with Gasteiger partial charge in [-0.2, -0.15) is 0 Å². The van der Waals surface area contributed by atoms with Crippen LogP contribution in [0.3, 0.4) is 0 Å². The molecular weight excluding hydrogens is 335 g/mol. The van der Waals surface area contributed by atoms with Gasteiger partial charge >= 0.3 is 0 Å². The lowest BCUT2D eigenvalue weighted by Gasteiger charge is -2.26. The molecule has 2 aliphatic heterocycles. The Morgan fingerprint density at radius 1 is 1.31 bits per heavy atom. The van der Waals surface area contributed by atoms with E-state index in [-0.39, 0.29) is 30.3 Å². The first-order valence-corrected chi connectivity index (χ1v) is 9.39. The second-order valence-electron chi connectivity index (χ2n) is 7.88. The van der Waals surface area contributed by atoms with Gasteiger partial charge in [-0.15, -0.1) is 0 Å². The number of carbonyl (C=O) groups is 2. The number of hydrogen-bond donors (Lipinski definition) is 1. The largest absolute Gasteiger partial charge is 0.354 e. The summed E-state index contributed by atoms with van der Waals surface area (Å²) in [6.45, 7) is 2.13. The fourth-order valence-electron chi connectivity index (χ4n) is 4.19. The molecule has 26 heavy (non-hydrogen) atoms. The fraction of sp³-hybridized carbons (Fsp3) is 0.632. The Morgan fingerprint density at radius 3 is 2.77 bits per heavy atom. The van der Waals surface area contributed by atoms with Crippen molar-refractivity contribution in [2.24, 2.45) is 11.8 Å². The van der Waals surface area contributed by atoms with E-state index >= 15 is 0 Å². The molecule has 2 saturated heterocycles. The molecule has 1 N–H and O–H groups in total. The van der Waals surface area contributed by atoms with Crippen LogP contribution < -0.4 is 5.32 Å². The van der Waals surface area contributed by atoms with Crippen molar-refractivity contribution in [1.82, 2.24) is 20.1 Å². The molecule has 0 bridgehead atoms. The van der Waals surface area contributed by atoms with E-state index in [1.54, 1.807) is 6.07 Å². The Balaban J connectivity index is 1.30. The van der Waals surface area contributed by atoms with E-state index < -0.39 is 5.82 Å². The standard InChI is InChI=1S/C19H25FN4O2/c1-23-16(19(26)22-8-12-2-3-12)6-13-10-24(11-17(13)23)18(25)7-15-5-4-14(20)9-21-15/h4-5,9,12-13,16-17H,2-3,6-8,10-11H2,1H3,(H,22,26)/t13-,16-,17+/m0/s1. The molecule has 0 unspecified atom stereocenters. The van der Waals surface area contributed by atoms with E-state index in [0.717, 1.165) is 19.2 Å². The molecule has 140 valence electrons. The van der Waals surface area contributed by atoms with Crippen molar-refractivity contribution in [2.75, 3.05) is 26.7 Å². The lowest BCUT2D eigenvalue weighted by molar-refractivity contribution is -0.130. The number of halogens is 1. The summed E-state index contributed by atoms with van der Waals surface area (Å²) in [6.07, 6.45) is 4.59. The normalized spacial score (nSPS) is 28.2. The molecule has 6 nitrogen and oxygen atoms in total. The van der Waals surface area contributed by atoms with Gasteiger partial charge in [-0.1, -0.05) is 0 Å². The SMILES string of the molecule is CN1[C@@H]2CN(C(=O)Cc3ccc(F)cn3)C[C@@H]2C[C@H]1C(=O)NCC1CC1. The minimum absolute atomic E-state index is 0.0154. The molecule has 1 aliphatic carbocycles. The monoisotopic (exact) mass is 360 g/mol. The highest BCUT2D eigenvalue weighted by Crippen LogP contribution is 2.35. The summed E-state index contributed by atoms with van der Waals surface area (Å²) in [5, 5.41) is 3.08. The van der Waals surface area contributed by atoms with Gasteiger partial charge in [0.05, 0.1) is 18.7 Å². The number of hydrogen-bond acceptors (Lipinski definition) is 4. The highest BCUT2D eigenvalue weighted by atomic mass is 19.1. The van der Waals surface area contributed by atoms with Crippen LogP contribution in [0.2, 0.25) is 0 Å². The number of pyridine rings is 1. The van der Waals surface area contributed by atoms with Gasteiger partial charge in [0.25, 0.3) is 0 Å². The predicted molar refractivity (Wildman–Crippen MR) is 93.7 cm³/mol. The van der Waals surface area contributed by atoms with Gasteiger partial charge in [0.15, 0.2) is 0 Å². The van der Waals surface area contributed by atoms with Crippen molar-refractivity contribution in [3.05, 3.63) is 29.8 Å². The van der Waals surface area contributed by atoms with Crippen LogP contribution >= 0.6 is 0 Å². The van der Waals surface area contributed by atoms with Crippen molar-refractivity contribution in [1.29, 1.82) is 0 Å². The van der Waals surface area contributed by atoms with Gasteiger partial charge in [0.2, 0.25) is 11.8 Å². The third-order valence-corrected chi connectivity index (χ3v) is 5.99. The van der Waals surface area contributed by atoms with Crippen molar-refractivity contribution in [2.45, 2.75) is 37.8 Å². The molecule has 0 aromatic carbocycles. The fourth-order valence-corrected chi connectivity index (χ4v) is 4.19. The zero-order chi connectivity index (χ0) is 18.3. The summed E-state index contributed by atoms with van der Waals surface area (Å²) in [6, 6.07) is 3.03. The van der Waals surface area contributed by atoms with Crippen LogP contribution in [-0.2, 0) is 16.0 Å². The number of rotatable bonds is 5. The molecule has 3 heterocycles. The maximum absolute atomic E-state index is 12.9. The van der Waals surface area contributed by atoms with Gasteiger partial charge in [0, 0.05) is 31.4 Å². The highest BCUT2D eigenvalue weighted by molar-refractivity contribution is 5.82. The molecule has 4 rings (SSSR count). The number of likely N-dealkylation sites (tertiary alicyclic amines) is 2. The van der Waals surface area contributed by atoms with Crippen LogP contribution in [0, 0.1) is 17.7 Å². The topological polar surface area (TPSA) is 65.5 Å². The molecule has 2 amide bonds. The van der Waals surface area contributed by atoms with E-state index in [2.05, 4.69) is 15.2 Å².